The van der Waals surface area contributed by atoms with Crippen molar-refractivity contribution >= 4 is 5.91 Å². The van der Waals surface area contributed by atoms with Crippen molar-refractivity contribution in [2.75, 3.05) is 6.54 Å². The molecule has 2 aromatic heterocycles. The van der Waals surface area contributed by atoms with Crippen molar-refractivity contribution < 1.29 is 9.90 Å². The van der Waals surface area contributed by atoms with E-state index in [-0.39, 0.29) is 12.5 Å². The average Bonchev–Trinajstić information content (AvgIpc) is 3.07. The molecule has 2 heterocycles. The molecule has 0 unspecified atom stereocenters. The van der Waals surface area contributed by atoms with Gasteiger partial charge in [0.05, 0.1) is 11.3 Å². The lowest BCUT2D eigenvalue weighted by molar-refractivity contribution is 0.0313. The number of nitrogens with zero attached hydrogens (tertiary/aromatic N) is 3. The summed E-state index contributed by atoms with van der Waals surface area (Å²) in [4.78, 5) is 16.2. The van der Waals surface area contributed by atoms with Crippen LogP contribution in [0, 0.1) is 0 Å². The Hall–Kier alpha value is -2.21. The quantitative estimate of drug-likeness (QED) is 0.845. The Kier molecular flexibility index (Phi) is 4.70. The van der Waals surface area contributed by atoms with Crippen molar-refractivity contribution in [3.8, 4) is 5.69 Å². The first-order valence-corrected chi connectivity index (χ1v) is 7.04. The summed E-state index contributed by atoms with van der Waals surface area (Å²) in [6.45, 7) is 4.00. The molecule has 0 atom stereocenters. The van der Waals surface area contributed by atoms with Crippen LogP contribution in [0.5, 0.6) is 0 Å². The molecule has 0 aliphatic heterocycles. The van der Waals surface area contributed by atoms with Gasteiger partial charge in [0.1, 0.15) is 5.69 Å². The summed E-state index contributed by atoms with van der Waals surface area (Å²) in [6, 6.07) is 5.25. The molecule has 0 aliphatic rings. The van der Waals surface area contributed by atoms with Crippen LogP contribution < -0.4 is 5.32 Å². The maximum atomic E-state index is 12.1. The van der Waals surface area contributed by atoms with Crippen LogP contribution in [0.2, 0.25) is 0 Å². The smallest absolute Gasteiger partial charge is 0.270 e. The molecule has 0 saturated carbocycles. The van der Waals surface area contributed by atoms with E-state index in [2.05, 4.69) is 15.4 Å². The summed E-state index contributed by atoms with van der Waals surface area (Å²) >= 11 is 0. The molecular formula is C15H20N4O2. The lowest BCUT2D eigenvalue weighted by atomic mass is 9.97. The number of aromatic nitrogens is 3. The van der Waals surface area contributed by atoms with Crippen LogP contribution in [0.15, 0.2) is 36.8 Å². The van der Waals surface area contributed by atoms with Crippen molar-refractivity contribution in [1.82, 2.24) is 20.1 Å². The zero-order valence-corrected chi connectivity index (χ0v) is 12.3. The van der Waals surface area contributed by atoms with Gasteiger partial charge in [-0.05, 0) is 31.0 Å². The van der Waals surface area contributed by atoms with Crippen LogP contribution in [0.3, 0.4) is 0 Å². The summed E-state index contributed by atoms with van der Waals surface area (Å²) in [6.07, 6.45) is 6.21. The SMILES string of the molecule is CCC(O)(CC)CNC(=O)c1cc(-n2cccn2)ccn1. The Bertz CT molecular complexity index is 591. The van der Waals surface area contributed by atoms with Gasteiger partial charge in [0.15, 0.2) is 0 Å². The topological polar surface area (TPSA) is 80.0 Å². The van der Waals surface area contributed by atoms with Gasteiger partial charge in [0.25, 0.3) is 5.91 Å². The molecule has 2 aromatic rings. The molecule has 6 heteroatoms. The number of hydrogen-bond donors (Lipinski definition) is 2. The number of amides is 1. The van der Waals surface area contributed by atoms with Crippen LogP contribution in [-0.4, -0.2) is 37.9 Å². The second-order valence-electron chi connectivity index (χ2n) is 4.96. The largest absolute Gasteiger partial charge is 0.388 e. The zero-order valence-electron chi connectivity index (χ0n) is 12.3. The highest BCUT2D eigenvalue weighted by Crippen LogP contribution is 2.13. The fourth-order valence-corrected chi connectivity index (χ4v) is 1.94. The minimum atomic E-state index is -0.866. The summed E-state index contributed by atoms with van der Waals surface area (Å²) in [5.74, 6) is -0.302. The van der Waals surface area contributed by atoms with E-state index in [1.807, 2.05) is 19.9 Å². The van der Waals surface area contributed by atoms with Crippen LogP contribution >= 0.6 is 0 Å². The van der Waals surface area contributed by atoms with Gasteiger partial charge in [0.2, 0.25) is 0 Å². The zero-order chi connectivity index (χ0) is 15.3. The Morgan fingerprint density at radius 2 is 2.14 bits per heavy atom. The Morgan fingerprint density at radius 1 is 1.38 bits per heavy atom. The van der Waals surface area contributed by atoms with Crippen molar-refractivity contribution in [3.05, 3.63) is 42.5 Å². The predicted molar refractivity (Wildman–Crippen MR) is 79.2 cm³/mol. The van der Waals surface area contributed by atoms with E-state index < -0.39 is 5.60 Å². The number of hydrogen-bond acceptors (Lipinski definition) is 4. The van der Waals surface area contributed by atoms with Gasteiger partial charge in [-0.15, -0.1) is 0 Å². The molecule has 2 N–H and O–H groups in total. The number of aliphatic hydroxyl groups is 1. The molecule has 0 spiro atoms. The van der Waals surface area contributed by atoms with E-state index in [1.54, 1.807) is 35.4 Å². The maximum Gasteiger partial charge on any atom is 0.270 e. The lowest BCUT2D eigenvalue weighted by Gasteiger charge is -2.25. The number of rotatable bonds is 6. The van der Waals surface area contributed by atoms with Crippen LogP contribution in [0.1, 0.15) is 37.2 Å². The average molecular weight is 288 g/mol. The number of carbonyl (C=O) groups excluding carboxylic acids is 1. The molecule has 2 rings (SSSR count). The Morgan fingerprint density at radius 3 is 2.76 bits per heavy atom. The van der Waals surface area contributed by atoms with Gasteiger partial charge >= 0.3 is 0 Å². The van der Waals surface area contributed by atoms with Crippen LogP contribution in [-0.2, 0) is 0 Å². The molecule has 0 radical (unpaired) electrons. The molecular weight excluding hydrogens is 268 g/mol. The van der Waals surface area contributed by atoms with E-state index in [9.17, 15) is 9.90 Å². The molecule has 0 bridgehead atoms. The molecule has 21 heavy (non-hydrogen) atoms. The van der Waals surface area contributed by atoms with Gasteiger partial charge in [-0.25, -0.2) is 4.68 Å². The molecule has 6 nitrogen and oxygen atoms in total. The van der Waals surface area contributed by atoms with E-state index in [1.165, 1.54) is 0 Å². The number of pyridine rings is 1. The minimum absolute atomic E-state index is 0.215. The Labute approximate surface area is 123 Å². The molecule has 0 saturated heterocycles. The second-order valence-corrected chi connectivity index (χ2v) is 4.96. The molecule has 0 fully saturated rings. The highest BCUT2D eigenvalue weighted by atomic mass is 16.3. The maximum absolute atomic E-state index is 12.1. The van der Waals surface area contributed by atoms with Crippen molar-refractivity contribution in [2.24, 2.45) is 0 Å². The van der Waals surface area contributed by atoms with Gasteiger partial charge < -0.3 is 10.4 Å². The summed E-state index contributed by atoms with van der Waals surface area (Å²) in [5, 5.41) is 17.0. The second kappa shape index (κ2) is 6.49. The fourth-order valence-electron chi connectivity index (χ4n) is 1.94. The standard InChI is InChI=1S/C15H20N4O2/c1-3-15(21,4-2)11-17-14(20)13-10-12(6-8-16-13)19-9-5-7-18-19/h5-10,21H,3-4,11H2,1-2H3,(H,17,20). The van der Waals surface area contributed by atoms with E-state index in [0.29, 0.717) is 18.5 Å². The third-order valence-corrected chi connectivity index (χ3v) is 3.64. The highest BCUT2D eigenvalue weighted by molar-refractivity contribution is 5.92. The predicted octanol–water partition coefficient (Wildman–Crippen LogP) is 1.55. The third kappa shape index (κ3) is 3.66. The molecule has 112 valence electrons. The van der Waals surface area contributed by atoms with Crippen LogP contribution in [0.4, 0.5) is 0 Å². The van der Waals surface area contributed by atoms with Crippen LogP contribution in [0.25, 0.3) is 5.69 Å². The first-order valence-electron chi connectivity index (χ1n) is 7.04. The van der Waals surface area contributed by atoms with Gasteiger partial charge in [-0.2, -0.15) is 5.10 Å². The van der Waals surface area contributed by atoms with Gasteiger partial charge in [-0.1, -0.05) is 13.8 Å². The van der Waals surface area contributed by atoms with E-state index >= 15 is 0 Å². The molecule has 1 amide bonds. The van der Waals surface area contributed by atoms with Gasteiger partial charge in [-0.3, -0.25) is 9.78 Å². The fraction of sp³-hybridized carbons (Fsp3) is 0.400. The van der Waals surface area contributed by atoms with E-state index in [4.69, 9.17) is 0 Å². The summed E-state index contributed by atoms with van der Waals surface area (Å²) in [7, 11) is 0. The van der Waals surface area contributed by atoms with Crippen molar-refractivity contribution in [3.63, 3.8) is 0 Å². The lowest BCUT2D eigenvalue weighted by Crippen LogP contribution is -2.42. The molecule has 0 aliphatic carbocycles. The third-order valence-electron chi connectivity index (χ3n) is 3.64. The minimum Gasteiger partial charge on any atom is -0.388 e. The number of carbonyl (C=O) groups is 1. The van der Waals surface area contributed by atoms with Crippen molar-refractivity contribution in [2.45, 2.75) is 32.3 Å². The molecule has 0 aromatic carbocycles. The highest BCUT2D eigenvalue weighted by Gasteiger charge is 2.23. The first-order chi connectivity index (χ1) is 10.1. The van der Waals surface area contributed by atoms with Gasteiger partial charge in [0, 0.05) is 25.1 Å². The monoisotopic (exact) mass is 288 g/mol. The first kappa shape index (κ1) is 15.2. The number of nitrogens with one attached hydrogen (secondary N) is 1. The Balaban J connectivity index is 2.08. The van der Waals surface area contributed by atoms with E-state index in [0.717, 1.165) is 5.69 Å². The van der Waals surface area contributed by atoms with Crippen molar-refractivity contribution in [1.29, 1.82) is 0 Å². The summed E-state index contributed by atoms with van der Waals surface area (Å²) < 4.78 is 1.66. The normalized spacial score (nSPS) is 11.4. The summed E-state index contributed by atoms with van der Waals surface area (Å²) in [5.41, 5.74) is 0.203.